The van der Waals surface area contributed by atoms with E-state index in [9.17, 15) is 14.9 Å². The van der Waals surface area contributed by atoms with E-state index in [4.69, 9.17) is 10.4 Å². The largest absolute Gasteiger partial charge is 0.481 e. The SMILES string of the molecule is CC(CCCNc1ccc(C#N)c([N+](=O)[O-])c1)C(=O)O. The first-order valence-electron chi connectivity index (χ1n) is 6.11. The minimum Gasteiger partial charge on any atom is -0.481 e. The maximum absolute atomic E-state index is 10.8. The normalized spacial score (nSPS) is 11.4. The van der Waals surface area contributed by atoms with Gasteiger partial charge in [0, 0.05) is 18.3 Å². The summed E-state index contributed by atoms with van der Waals surface area (Å²) in [5.41, 5.74) is 0.315. The van der Waals surface area contributed by atoms with Gasteiger partial charge in [0.25, 0.3) is 5.69 Å². The molecule has 0 aliphatic carbocycles. The van der Waals surface area contributed by atoms with Crippen molar-refractivity contribution < 1.29 is 14.8 Å². The first kappa shape index (κ1) is 15.4. The summed E-state index contributed by atoms with van der Waals surface area (Å²) in [4.78, 5) is 20.8. The molecule has 0 aliphatic rings. The number of carbonyl (C=O) groups is 1. The Kier molecular flexibility index (Phi) is 5.47. The fourth-order valence-electron chi connectivity index (χ4n) is 1.65. The highest BCUT2D eigenvalue weighted by atomic mass is 16.6. The van der Waals surface area contributed by atoms with E-state index in [1.54, 1.807) is 19.1 Å². The van der Waals surface area contributed by atoms with Crippen LogP contribution in [0.2, 0.25) is 0 Å². The van der Waals surface area contributed by atoms with Gasteiger partial charge in [-0.2, -0.15) is 5.26 Å². The molecule has 0 fully saturated rings. The molecule has 20 heavy (non-hydrogen) atoms. The van der Waals surface area contributed by atoms with Crippen LogP contribution in [-0.2, 0) is 4.79 Å². The monoisotopic (exact) mass is 277 g/mol. The zero-order valence-electron chi connectivity index (χ0n) is 11.0. The van der Waals surface area contributed by atoms with E-state index in [2.05, 4.69) is 5.32 Å². The predicted octanol–water partition coefficient (Wildman–Crippen LogP) is 2.38. The second-order valence-corrected chi connectivity index (χ2v) is 4.41. The number of carboxylic acid groups (broad SMARTS) is 1. The number of nitrogens with zero attached hydrogens (tertiary/aromatic N) is 2. The van der Waals surface area contributed by atoms with Crippen LogP contribution < -0.4 is 5.32 Å². The van der Waals surface area contributed by atoms with Crippen molar-refractivity contribution >= 4 is 17.3 Å². The summed E-state index contributed by atoms with van der Waals surface area (Å²) in [6.45, 7) is 2.15. The second kappa shape index (κ2) is 7.09. The maximum atomic E-state index is 10.8. The van der Waals surface area contributed by atoms with Crippen LogP contribution in [0.4, 0.5) is 11.4 Å². The Bertz CT molecular complexity index is 551. The Morgan fingerprint density at radius 1 is 1.60 bits per heavy atom. The van der Waals surface area contributed by atoms with Crippen molar-refractivity contribution in [1.29, 1.82) is 5.26 Å². The van der Waals surface area contributed by atoms with Crippen molar-refractivity contribution in [3.05, 3.63) is 33.9 Å². The molecule has 1 aromatic rings. The number of nitrogens with one attached hydrogen (secondary N) is 1. The average molecular weight is 277 g/mol. The summed E-state index contributed by atoms with van der Waals surface area (Å²) in [6.07, 6.45) is 1.17. The van der Waals surface area contributed by atoms with E-state index < -0.39 is 16.8 Å². The lowest BCUT2D eigenvalue weighted by molar-refractivity contribution is -0.385. The van der Waals surface area contributed by atoms with Crippen molar-refractivity contribution in [2.75, 3.05) is 11.9 Å². The van der Waals surface area contributed by atoms with E-state index in [1.807, 2.05) is 0 Å². The van der Waals surface area contributed by atoms with Gasteiger partial charge < -0.3 is 10.4 Å². The van der Waals surface area contributed by atoms with Crippen LogP contribution in [0.1, 0.15) is 25.3 Å². The quantitative estimate of drug-likeness (QED) is 0.449. The highest BCUT2D eigenvalue weighted by molar-refractivity contribution is 5.69. The molecule has 0 aromatic heterocycles. The molecular weight excluding hydrogens is 262 g/mol. The van der Waals surface area contributed by atoms with Gasteiger partial charge in [-0.15, -0.1) is 0 Å². The van der Waals surface area contributed by atoms with Crippen LogP contribution in [0.3, 0.4) is 0 Å². The summed E-state index contributed by atoms with van der Waals surface area (Å²) in [6, 6.07) is 6.05. The third kappa shape index (κ3) is 4.24. The van der Waals surface area contributed by atoms with Crippen LogP contribution in [0, 0.1) is 27.4 Å². The van der Waals surface area contributed by atoms with Gasteiger partial charge in [-0.25, -0.2) is 0 Å². The number of anilines is 1. The number of rotatable bonds is 7. The molecule has 0 bridgehead atoms. The highest BCUT2D eigenvalue weighted by Gasteiger charge is 2.14. The molecule has 0 saturated heterocycles. The molecule has 1 aromatic carbocycles. The number of hydrogen-bond donors (Lipinski definition) is 2. The fourth-order valence-corrected chi connectivity index (χ4v) is 1.65. The Labute approximate surface area is 116 Å². The summed E-state index contributed by atoms with van der Waals surface area (Å²) in [7, 11) is 0. The smallest absolute Gasteiger partial charge is 0.306 e. The number of carboxylic acids is 1. The van der Waals surface area contributed by atoms with Crippen LogP contribution in [0.5, 0.6) is 0 Å². The Hall–Kier alpha value is -2.62. The zero-order chi connectivity index (χ0) is 15.1. The van der Waals surface area contributed by atoms with Crippen molar-refractivity contribution in [3.8, 4) is 6.07 Å². The predicted molar refractivity (Wildman–Crippen MR) is 72.3 cm³/mol. The number of nitro benzene ring substituents is 1. The third-order valence-electron chi connectivity index (χ3n) is 2.88. The Balaban J connectivity index is 2.57. The van der Waals surface area contributed by atoms with E-state index in [0.29, 0.717) is 25.1 Å². The van der Waals surface area contributed by atoms with E-state index in [1.165, 1.54) is 12.1 Å². The van der Waals surface area contributed by atoms with Gasteiger partial charge in [0.2, 0.25) is 0 Å². The number of nitro groups is 1. The second-order valence-electron chi connectivity index (χ2n) is 4.41. The van der Waals surface area contributed by atoms with Gasteiger partial charge >= 0.3 is 5.97 Å². The molecule has 0 radical (unpaired) electrons. The number of benzene rings is 1. The molecule has 7 nitrogen and oxygen atoms in total. The summed E-state index contributed by atoms with van der Waals surface area (Å²) < 4.78 is 0. The maximum Gasteiger partial charge on any atom is 0.306 e. The number of hydrogen-bond acceptors (Lipinski definition) is 5. The summed E-state index contributed by atoms with van der Waals surface area (Å²) in [5.74, 6) is -1.24. The van der Waals surface area contributed by atoms with Gasteiger partial charge in [0.1, 0.15) is 11.6 Å². The third-order valence-corrected chi connectivity index (χ3v) is 2.88. The number of nitriles is 1. The minimum absolute atomic E-state index is 0.0139. The molecule has 1 rings (SSSR count). The van der Waals surface area contributed by atoms with Gasteiger partial charge in [-0.3, -0.25) is 14.9 Å². The van der Waals surface area contributed by atoms with Crippen LogP contribution >= 0.6 is 0 Å². The lowest BCUT2D eigenvalue weighted by Crippen LogP contribution is -2.11. The first-order valence-corrected chi connectivity index (χ1v) is 6.11. The lowest BCUT2D eigenvalue weighted by atomic mass is 10.1. The molecule has 106 valence electrons. The lowest BCUT2D eigenvalue weighted by Gasteiger charge is -2.08. The molecule has 0 amide bonds. The van der Waals surface area contributed by atoms with E-state index in [0.717, 1.165) is 0 Å². The molecule has 0 heterocycles. The van der Waals surface area contributed by atoms with Gasteiger partial charge in [-0.1, -0.05) is 6.92 Å². The van der Waals surface area contributed by atoms with Crippen LogP contribution in [0.15, 0.2) is 18.2 Å². The molecular formula is C13H15N3O4. The Morgan fingerprint density at radius 3 is 2.85 bits per heavy atom. The standard InChI is InChI=1S/C13H15N3O4/c1-9(13(17)18)3-2-6-15-11-5-4-10(8-14)12(7-11)16(19)20/h4-5,7,9,15H,2-3,6H2,1H3,(H,17,18). The highest BCUT2D eigenvalue weighted by Crippen LogP contribution is 2.22. The molecule has 1 unspecified atom stereocenters. The van der Waals surface area contributed by atoms with E-state index in [-0.39, 0.29) is 11.3 Å². The minimum atomic E-state index is -0.834. The van der Waals surface area contributed by atoms with E-state index >= 15 is 0 Å². The molecule has 1 atom stereocenters. The Morgan fingerprint density at radius 2 is 2.30 bits per heavy atom. The van der Waals surface area contributed by atoms with Crippen molar-refractivity contribution in [1.82, 2.24) is 0 Å². The van der Waals surface area contributed by atoms with Crippen molar-refractivity contribution in [2.45, 2.75) is 19.8 Å². The summed E-state index contributed by atoms with van der Waals surface area (Å²) >= 11 is 0. The van der Waals surface area contributed by atoms with Gasteiger partial charge in [-0.05, 0) is 25.0 Å². The van der Waals surface area contributed by atoms with Gasteiger partial charge in [0.15, 0.2) is 0 Å². The molecule has 0 aliphatic heterocycles. The first-order chi connectivity index (χ1) is 9.45. The van der Waals surface area contributed by atoms with Gasteiger partial charge in [0.05, 0.1) is 10.8 Å². The number of aliphatic carboxylic acids is 1. The topological polar surface area (TPSA) is 116 Å². The molecule has 7 heteroatoms. The molecule has 0 spiro atoms. The zero-order valence-corrected chi connectivity index (χ0v) is 11.0. The van der Waals surface area contributed by atoms with Crippen LogP contribution in [0.25, 0.3) is 0 Å². The summed E-state index contributed by atoms with van der Waals surface area (Å²) in [5, 5.41) is 31.2. The average Bonchev–Trinajstić information content (AvgIpc) is 2.42. The fraction of sp³-hybridized carbons (Fsp3) is 0.385. The van der Waals surface area contributed by atoms with Crippen LogP contribution in [-0.4, -0.2) is 22.5 Å². The van der Waals surface area contributed by atoms with Crippen molar-refractivity contribution in [2.24, 2.45) is 5.92 Å². The molecule has 0 saturated carbocycles. The van der Waals surface area contributed by atoms with Crippen molar-refractivity contribution in [3.63, 3.8) is 0 Å². The molecule has 2 N–H and O–H groups in total.